The van der Waals surface area contributed by atoms with Gasteiger partial charge in [-0.05, 0) is 13.3 Å². The van der Waals surface area contributed by atoms with Gasteiger partial charge < -0.3 is 10.5 Å². The number of pyridine rings is 1. The first-order chi connectivity index (χ1) is 8.08. The van der Waals surface area contributed by atoms with Crippen LogP contribution in [0.3, 0.4) is 0 Å². The Kier molecular flexibility index (Phi) is 4.16. The van der Waals surface area contributed by atoms with E-state index in [1.807, 2.05) is 13.0 Å². The van der Waals surface area contributed by atoms with Gasteiger partial charge in [0, 0.05) is 12.1 Å². The summed E-state index contributed by atoms with van der Waals surface area (Å²) in [7, 11) is 1.47. The van der Waals surface area contributed by atoms with Gasteiger partial charge in [0.15, 0.2) is 0 Å². The fraction of sp³-hybridized carbons (Fsp3) is 0.500. The van der Waals surface area contributed by atoms with Gasteiger partial charge in [-0.2, -0.15) is 5.26 Å². The highest BCUT2D eigenvalue weighted by Gasteiger charge is 2.17. The molecule has 0 amide bonds. The molecule has 2 N–H and O–H groups in total. The summed E-state index contributed by atoms with van der Waals surface area (Å²) in [5, 5.41) is 8.98. The average molecular weight is 235 g/mol. The molecule has 1 heterocycles. The van der Waals surface area contributed by atoms with Crippen LogP contribution < -0.4 is 16.0 Å². The van der Waals surface area contributed by atoms with Crippen LogP contribution in [0.5, 0.6) is 5.88 Å². The Morgan fingerprint density at radius 2 is 2.18 bits per heavy atom. The first kappa shape index (κ1) is 13.1. The van der Waals surface area contributed by atoms with E-state index in [1.165, 1.54) is 11.7 Å². The number of unbranched alkanes of at least 4 members (excludes halogenated alkanes) is 1. The number of nitrogens with two attached hydrogens (primary N) is 1. The minimum absolute atomic E-state index is 0.0967. The molecule has 0 saturated carbocycles. The first-order valence-corrected chi connectivity index (χ1v) is 5.55. The molecule has 0 aliphatic carbocycles. The molecule has 1 aromatic rings. The normalized spacial score (nSPS) is 10.0. The van der Waals surface area contributed by atoms with Crippen molar-refractivity contribution in [3.8, 4) is 11.9 Å². The highest BCUT2D eigenvalue weighted by Crippen LogP contribution is 2.25. The van der Waals surface area contributed by atoms with Crippen LogP contribution in [-0.2, 0) is 6.54 Å². The van der Waals surface area contributed by atoms with Gasteiger partial charge in [-0.3, -0.25) is 9.36 Å². The molecule has 17 heavy (non-hydrogen) atoms. The van der Waals surface area contributed by atoms with Crippen molar-refractivity contribution in [3.63, 3.8) is 0 Å². The number of ether oxygens (including phenoxy) is 1. The van der Waals surface area contributed by atoms with Crippen LogP contribution in [0, 0.1) is 18.3 Å². The summed E-state index contributed by atoms with van der Waals surface area (Å²) >= 11 is 0. The molecule has 0 atom stereocenters. The molecule has 0 radical (unpaired) electrons. The summed E-state index contributed by atoms with van der Waals surface area (Å²) in [5.74, 6) is 0.347. The summed E-state index contributed by atoms with van der Waals surface area (Å²) in [6.07, 6.45) is 1.79. The monoisotopic (exact) mass is 235 g/mol. The predicted molar refractivity (Wildman–Crippen MR) is 66.0 cm³/mol. The van der Waals surface area contributed by atoms with Crippen LogP contribution in [-0.4, -0.2) is 11.7 Å². The molecule has 0 spiro atoms. The summed E-state index contributed by atoms with van der Waals surface area (Å²) in [5.41, 5.74) is 6.49. The smallest absolute Gasteiger partial charge is 0.271 e. The molecule has 0 aliphatic heterocycles. The number of hydrogen-bond donors (Lipinski definition) is 1. The molecule has 0 saturated heterocycles. The van der Waals surface area contributed by atoms with E-state index in [9.17, 15) is 4.79 Å². The van der Waals surface area contributed by atoms with E-state index in [0.717, 1.165) is 12.8 Å². The van der Waals surface area contributed by atoms with E-state index in [0.29, 0.717) is 23.7 Å². The average Bonchev–Trinajstić information content (AvgIpc) is 2.33. The largest absolute Gasteiger partial charge is 0.481 e. The van der Waals surface area contributed by atoms with Crippen molar-refractivity contribution >= 4 is 5.69 Å². The van der Waals surface area contributed by atoms with Crippen LogP contribution >= 0.6 is 0 Å². The van der Waals surface area contributed by atoms with Gasteiger partial charge in [-0.25, -0.2) is 0 Å². The number of aromatic nitrogens is 1. The molecule has 5 nitrogen and oxygen atoms in total. The number of nitrogens with zero attached hydrogens (tertiary/aromatic N) is 2. The van der Waals surface area contributed by atoms with E-state index >= 15 is 0 Å². The second kappa shape index (κ2) is 5.39. The van der Waals surface area contributed by atoms with Crippen LogP contribution in [0.2, 0.25) is 0 Å². The zero-order chi connectivity index (χ0) is 13.0. The molecule has 0 unspecified atom stereocenters. The van der Waals surface area contributed by atoms with Crippen LogP contribution in [0.15, 0.2) is 4.79 Å². The first-order valence-electron chi connectivity index (χ1n) is 5.55. The zero-order valence-corrected chi connectivity index (χ0v) is 10.4. The maximum atomic E-state index is 12.1. The van der Waals surface area contributed by atoms with E-state index in [2.05, 4.69) is 0 Å². The lowest BCUT2D eigenvalue weighted by molar-refractivity contribution is 0.363. The summed E-state index contributed by atoms with van der Waals surface area (Å²) in [4.78, 5) is 12.1. The molecule has 0 aliphatic rings. The molecule has 0 fully saturated rings. The van der Waals surface area contributed by atoms with Crippen molar-refractivity contribution in [1.29, 1.82) is 5.26 Å². The van der Waals surface area contributed by atoms with Gasteiger partial charge in [0.1, 0.15) is 11.6 Å². The third-order valence-electron chi connectivity index (χ3n) is 2.75. The van der Waals surface area contributed by atoms with Crippen LogP contribution in [0.1, 0.15) is 30.9 Å². The SMILES string of the molecule is CCCCn1c(OC)c(N)c(C)c(C#N)c1=O. The topological polar surface area (TPSA) is 81.0 Å². The summed E-state index contributed by atoms with van der Waals surface area (Å²) in [6.45, 7) is 4.19. The van der Waals surface area contributed by atoms with E-state index in [1.54, 1.807) is 6.92 Å². The Bertz CT molecular complexity index is 512. The van der Waals surface area contributed by atoms with Crippen molar-refractivity contribution < 1.29 is 4.74 Å². The molecule has 92 valence electrons. The van der Waals surface area contributed by atoms with Gasteiger partial charge in [-0.1, -0.05) is 13.3 Å². The summed E-state index contributed by atoms with van der Waals surface area (Å²) in [6, 6.07) is 1.90. The number of hydrogen-bond acceptors (Lipinski definition) is 4. The maximum absolute atomic E-state index is 12.1. The number of nitriles is 1. The fourth-order valence-corrected chi connectivity index (χ4v) is 1.70. The highest BCUT2D eigenvalue weighted by molar-refractivity contribution is 5.60. The maximum Gasteiger partial charge on any atom is 0.271 e. The Labute approximate surface area is 100 Å². The Balaban J connectivity index is 3.51. The molecular weight excluding hydrogens is 218 g/mol. The third-order valence-corrected chi connectivity index (χ3v) is 2.75. The minimum Gasteiger partial charge on any atom is -0.481 e. The molecule has 0 bridgehead atoms. The van der Waals surface area contributed by atoms with Gasteiger partial charge >= 0.3 is 0 Å². The van der Waals surface area contributed by atoms with Crippen LogP contribution in [0.25, 0.3) is 0 Å². The highest BCUT2D eigenvalue weighted by atomic mass is 16.5. The standard InChI is InChI=1S/C12H17N3O2/c1-4-5-6-15-11(16)9(7-13)8(2)10(14)12(15)17-3/h4-6,14H2,1-3H3. The van der Waals surface area contributed by atoms with Gasteiger partial charge in [0.25, 0.3) is 5.56 Å². The Morgan fingerprint density at radius 3 is 2.65 bits per heavy atom. The Hall–Kier alpha value is -1.96. The van der Waals surface area contributed by atoms with Gasteiger partial charge in [0.05, 0.1) is 12.8 Å². The minimum atomic E-state index is -0.329. The van der Waals surface area contributed by atoms with Crippen molar-refractivity contribution in [2.45, 2.75) is 33.2 Å². The molecule has 1 rings (SSSR count). The lowest BCUT2D eigenvalue weighted by atomic mass is 10.1. The van der Waals surface area contributed by atoms with Crippen molar-refractivity contribution in [2.24, 2.45) is 0 Å². The number of nitrogen functional groups attached to an aromatic ring is 1. The lowest BCUT2D eigenvalue weighted by Gasteiger charge is -2.16. The second-order valence-electron chi connectivity index (χ2n) is 3.85. The van der Waals surface area contributed by atoms with E-state index in [4.69, 9.17) is 15.7 Å². The number of anilines is 1. The quantitative estimate of drug-likeness (QED) is 0.855. The zero-order valence-electron chi connectivity index (χ0n) is 10.4. The van der Waals surface area contributed by atoms with Crippen molar-refractivity contribution in [1.82, 2.24) is 4.57 Å². The van der Waals surface area contributed by atoms with E-state index < -0.39 is 0 Å². The fourth-order valence-electron chi connectivity index (χ4n) is 1.70. The molecule has 5 heteroatoms. The van der Waals surface area contributed by atoms with Gasteiger partial charge in [-0.15, -0.1) is 0 Å². The Morgan fingerprint density at radius 1 is 1.53 bits per heavy atom. The molecule has 0 aromatic carbocycles. The van der Waals surface area contributed by atoms with Crippen molar-refractivity contribution in [2.75, 3.05) is 12.8 Å². The van der Waals surface area contributed by atoms with Crippen molar-refractivity contribution in [3.05, 3.63) is 21.5 Å². The summed E-state index contributed by atoms with van der Waals surface area (Å²) < 4.78 is 6.60. The lowest BCUT2D eigenvalue weighted by Crippen LogP contribution is -2.26. The molecule has 1 aromatic heterocycles. The van der Waals surface area contributed by atoms with E-state index in [-0.39, 0.29) is 11.1 Å². The predicted octanol–water partition coefficient (Wildman–Crippen LogP) is 1.42. The number of methoxy groups -OCH3 is 1. The molecular formula is C12H17N3O2. The second-order valence-corrected chi connectivity index (χ2v) is 3.85. The third kappa shape index (κ3) is 2.26. The van der Waals surface area contributed by atoms with Crippen LogP contribution in [0.4, 0.5) is 5.69 Å². The number of rotatable bonds is 4. The van der Waals surface area contributed by atoms with Gasteiger partial charge in [0.2, 0.25) is 5.88 Å².